The van der Waals surface area contributed by atoms with Crippen molar-refractivity contribution in [2.45, 2.75) is 131 Å². The predicted molar refractivity (Wildman–Crippen MR) is 476 cm³/mol. The molecule has 15 aromatic rings. The van der Waals surface area contributed by atoms with E-state index in [9.17, 15) is 10.5 Å². The molecule has 0 radical (unpaired) electrons. The highest BCUT2D eigenvalue weighted by molar-refractivity contribution is 7.00. The van der Waals surface area contributed by atoms with Crippen molar-refractivity contribution in [3.8, 4) is 95.7 Å². The lowest BCUT2D eigenvalue weighted by molar-refractivity contribution is 0.590. The van der Waals surface area contributed by atoms with Crippen molar-refractivity contribution in [2.24, 2.45) is 0 Å². The van der Waals surface area contributed by atoms with Gasteiger partial charge in [0.2, 0.25) is 0 Å². The van der Waals surface area contributed by atoms with Gasteiger partial charge in [-0.2, -0.15) is 10.5 Å². The van der Waals surface area contributed by atoms with Crippen LogP contribution in [-0.2, 0) is 27.1 Å². The second kappa shape index (κ2) is 27.2. The molecule has 0 atom stereocenters. The van der Waals surface area contributed by atoms with Gasteiger partial charge in [-0.15, -0.1) is 0 Å². The number of aromatic nitrogens is 1. The van der Waals surface area contributed by atoms with E-state index in [1.165, 1.54) is 44.0 Å². The van der Waals surface area contributed by atoms with Crippen molar-refractivity contribution in [1.29, 1.82) is 10.5 Å². The summed E-state index contributed by atoms with van der Waals surface area (Å²) in [5.74, 6) is 0. The van der Waals surface area contributed by atoms with Gasteiger partial charge in [-0.25, -0.2) is 0 Å². The number of nitriles is 2. The molecule has 546 valence electrons. The number of fused-ring (bicyclic) bond motifs is 7. The minimum Gasteiger partial charge on any atom is -0.310 e. The molecule has 17 rings (SSSR count). The standard InChI is InChI=1S/C106H94BN5/c1-102(2,3)77-46-37-68(38-47-77)87-57-75(83-31-21-19-29-73(83)65-108)58-88(69-39-48-78(49-40-69)103(4,5)6)100(87)111-95-61-72(67-27-17-16-18-28-67)45-55-91(95)107-92-56-54-82(110-93-35-25-23-33-85(93)86-34-24-26-36-94(86)110)64-96(92)112(98-63-81(106(13,14)15)62-97(111)99(98)107)101-89(70-41-50-79(51-42-70)104(7,8)9)59-76(84-32-22-20-30-74(84)66-109)60-90(101)71-43-52-80(53-44-71)105(10,11)12/h16-64H,1-15H3. The zero-order valence-corrected chi connectivity index (χ0v) is 67.1. The monoisotopic (exact) mass is 1450 g/mol. The molecule has 1 aromatic heterocycles. The van der Waals surface area contributed by atoms with Crippen LogP contribution in [0.15, 0.2) is 297 Å². The zero-order valence-electron chi connectivity index (χ0n) is 67.1. The number of hydrogen-bond donors (Lipinski definition) is 0. The summed E-state index contributed by atoms with van der Waals surface area (Å²) < 4.78 is 2.47. The van der Waals surface area contributed by atoms with Gasteiger partial charge in [0, 0.05) is 61.5 Å². The van der Waals surface area contributed by atoms with E-state index in [1.807, 2.05) is 24.3 Å². The van der Waals surface area contributed by atoms with Crippen LogP contribution in [0.3, 0.4) is 0 Å². The second-order valence-corrected chi connectivity index (χ2v) is 36.0. The molecule has 0 amide bonds. The van der Waals surface area contributed by atoms with Crippen LogP contribution in [0.2, 0.25) is 0 Å². The Morgan fingerprint density at radius 3 is 0.964 bits per heavy atom. The molecule has 0 saturated carbocycles. The molecule has 0 saturated heterocycles. The number of nitrogens with zero attached hydrogens (tertiary/aromatic N) is 5. The Hall–Kier alpha value is -12.5. The molecule has 2 aliphatic heterocycles. The van der Waals surface area contributed by atoms with E-state index in [2.05, 4.69) is 403 Å². The van der Waals surface area contributed by atoms with E-state index in [-0.39, 0.29) is 28.4 Å². The highest BCUT2D eigenvalue weighted by atomic mass is 15.2. The van der Waals surface area contributed by atoms with E-state index in [4.69, 9.17) is 0 Å². The summed E-state index contributed by atoms with van der Waals surface area (Å²) in [5.41, 5.74) is 33.8. The first-order chi connectivity index (χ1) is 53.6. The average Bonchev–Trinajstić information content (AvgIpc) is 0.687. The normalized spacial score (nSPS) is 12.9. The van der Waals surface area contributed by atoms with Gasteiger partial charge in [0.15, 0.2) is 0 Å². The molecule has 5 nitrogen and oxygen atoms in total. The van der Waals surface area contributed by atoms with Gasteiger partial charge in [-0.3, -0.25) is 0 Å². The average molecular weight is 1450 g/mol. The van der Waals surface area contributed by atoms with Gasteiger partial charge in [0.1, 0.15) is 0 Å². The van der Waals surface area contributed by atoms with Crippen molar-refractivity contribution in [2.75, 3.05) is 9.80 Å². The Morgan fingerprint density at radius 1 is 0.259 bits per heavy atom. The van der Waals surface area contributed by atoms with Crippen LogP contribution in [0.1, 0.15) is 143 Å². The minimum atomic E-state index is -0.417. The molecule has 0 unspecified atom stereocenters. The summed E-state index contributed by atoms with van der Waals surface area (Å²) in [6.07, 6.45) is 0. The van der Waals surface area contributed by atoms with Gasteiger partial charge >= 0.3 is 0 Å². The lowest BCUT2D eigenvalue weighted by Gasteiger charge is -2.46. The maximum atomic E-state index is 11.2. The van der Waals surface area contributed by atoms with E-state index >= 15 is 0 Å². The third-order valence-corrected chi connectivity index (χ3v) is 23.5. The predicted octanol–water partition coefficient (Wildman–Crippen LogP) is 26.8. The minimum absolute atomic E-state index is 0.116. The Kier molecular flexibility index (Phi) is 17.6. The van der Waals surface area contributed by atoms with Crippen molar-refractivity contribution >= 4 is 79.0 Å². The maximum absolute atomic E-state index is 11.2. The molecule has 0 aliphatic carbocycles. The summed E-state index contributed by atoms with van der Waals surface area (Å²) in [7, 11) is 0. The third kappa shape index (κ3) is 12.7. The zero-order chi connectivity index (χ0) is 78.1. The Balaban J connectivity index is 1.08. The number of rotatable bonds is 10. The Labute approximate surface area is 662 Å². The SMILES string of the molecule is CC(C)(C)c1ccc(-c2cc(-c3ccccc3C#N)cc(-c3ccc(C(C)(C)C)cc3)c2N2c3cc(-c4ccccc4)ccc3B3c4ccc(-n5c6ccccc6c6ccccc65)cc4N(c4c(-c5ccc(C(C)(C)C)cc5)cc(-c5ccccc5C#N)cc4-c4ccc(C(C)(C)C)cc4)c4cc(C(C)(C)C)cc2c43)cc1. The van der Waals surface area contributed by atoms with E-state index < -0.39 is 5.41 Å². The first-order valence-electron chi connectivity index (χ1n) is 39.5. The fraction of sp³-hybridized carbons (Fsp3) is 0.189. The molecule has 6 heteroatoms. The number of para-hydroxylation sites is 2. The largest absolute Gasteiger partial charge is 0.310 e. The van der Waals surface area contributed by atoms with Crippen LogP contribution in [0.25, 0.3) is 105 Å². The highest BCUT2D eigenvalue weighted by Gasteiger charge is 2.47. The molecular formula is C106H94BN5. The first-order valence-corrected chi connectivity index (χ1v) is 39.5. The van der Waals surface area contributed by atoms with Gasteiger partial charge in [0.25, 0.3) is 6.71 Å². The van der Waals surface area contributed by atoms with Crippen LogP contribution in [0.4, 0.5) is 34.1 Å². The van der Waals surface area contributed by atoms with Crippen molar-refractivity contribution < 1.29 is 0 Å². The summed E-state index contributed by atoms with van der Waals surface area (Å²) in [6.45, 7) is 34.2. The first kappa shape index (κ1) is 72.4. The Morgan fingerprint density at radius 2 is 0.589 bits per heavy atom. The van der Waals surface area contributed by atoms with Crippen LogP contribution in [-0.4, -0.2) is 11.3 Å². The van der Waals surface area contributed by atoms with E-state index in [1.54, 1.807) is 0 Å². The third-order valence-electron chi connectivity index (χ3n) is 23.5. The van der Waals surface area contributed by atoms with Crippen LogP contribution in [0, 0.1) is 22.7 Å². The number of hydrogen-bond acceptors (Lipinski definition) is 4. The molecular weight excluding hydrogens is 1350 g/mol. The second-order valence-electron chi connectivity index (χ2n) is 36.0. The summed E-state index contributed by atoms with van der Waals surface area (Å²) in [6, 6.07) is 116. The molecule has 112 heavy (non-hydrogen) atoms. The van der Waals surface area contributed by atoms with E-state index in [0.29, 0.717) is 11.1 Å². The molecule has 0 fully saturated rings. The summed E-state index contributed by atoms with van der Waals surface area (Å²) in [5, 5.41) is 24.7. The van der Waals surface area contributed by atoms with Gasteiger partial charge in [-0.1, -0.05) is 322 Å². The van der Waals surface area contributed by atoms with Crippen LogP contribution < -0.4 is 26.2 Å². The highest BCUT2D eigenvalue weighted by Crippen LogP contribution is 2.56. The number of benzene rings is 14. The van der Waals surface area contributed by atoms with Crippen molar-refractivity contribution in [3.05, 3.63) is 336 Å². The van der Waals surface area contributed by atoms with E-state index in [0.717, 1.165) is 140 Å². The molecule has 3 heterocycles. The van der Waals surface area contributed by atoms with Crippen LogP contribution >= 0.6 is 0 Å². The van der Waals surface area contributed by atoms with Crippen molar-refractivity contribution in [3.63, 3.8) is 0 Å². The number of anilines is 6. The summed E-state index contributed by atoms with van der Waals surface area (Å²) >= 11 is 0. The van der Waals surface area contributed by atoms with Gasteiger partial charge in [-0.05, 0) is 206 Å². The molecule has 2 aliphatic rings. The molecule has 0 N–H and O–H groups in total. The lowest BCUT2D eigenvalue weighted by atomic mass is 9.33. The fourth-order valence-electron chi connectivity index (χ4n) is 17.2. The smallest absolute Gasteiger partial charge is 0.252 e. The Bertz CT molecular complexity index is 6110. The van der Waals surface area contributed by atoms with Crippen LogP contribution in [0.5, 0.6) is 0 Å². The molecule has 0 bridgehead atoms. The maximum Gasteiger partial charge on any atom is 0.252 e. The molecule has 14 aromatic carbocycles. The molecule has 0 spiro atoms. The quantitative estimate of drug-likeness (QED) is 0.128. The summed E-state index contributed by atoms with van der Waals surface area (Å²) in [4.78, 5) is 5.35. The van der Waals surface area contributed by atoms with Gasteiger partial charge < -0.3 is 14.4 Å². The topological polar surface area (TPSA) is 59.0 Å². The fourth-order valence-corrected chi connectivity index (χ4v) is 17.2. The van der Waals surface area contributed by atoms with Crippen molar-refractivity contribution in [1.82, 2.24) is 4.57 Å². The lowest BCUT2D eigenvalue weighted by Crippen LogP contribution is -2.61. The van der Waals surface area contributed by atoms with Gasteiger partial charge in [0.05, 0.1) is 45.7 Å².